The lowest BCUT2D eigenvalue weighted by molar-refractivity contribution is -0.136. The van der Waals surface area contributed by atoms with Crippen LogP contribution < -0.4 is 10.6 Å². The minimum Gasteiger partial charge on any atom is -0.480 e. The van der Waals surface area contributed by atoms with Gasteiger partial charge in [-0.15, -0.1) is 0 Å². The van der Waals surface area contributed by atoms with Crippen LogP contribution in [-0.2, 0) is 9.59 Å². The van der Waals surface area contributed by atoms with E-state index in [4.69, 9.17) is 27.5 Å². The van der Waals surface area contributed by atoms with Crippen LogP contribution in [0.4, 0.5) is 5.69 Å². The van der Waals surface area contributed by atoms with Gasteiger partial charge in [-0.05, 0) is 18.2 Å². The highest BCUT2D eigenvalue weighted by Crippen LogP contribution is 2.24. The van der Waals surface area contributed by atoms with Gasteiger partial charge in [0.25, 0.3) is 5.91 Å². The van der Waals surface area contributed by atoms with Crippen molar-refractivity contribution < 1.29 is 24.6 Å². The third-order valence-electron chi connectivity index (χ3n) is 2.22. The molecule has 0 unspecified atom stereocenters. The zero-order valence-electron chi connectivity index (χ0n) is 9.67. The zero-order valence-corrected chi connectivity index (χ0v) is 10.4. The number of carboxylic acids is 2. The number of halogens is 1. The van der Waals surface area contributed by atoms with Crippen molar-refractivity contribution in [2.75, 3.05) is 18.0 Å². The van der Waals surface area contributed by atoms with E-state index in [0.29, 0.717) is 0 Å². The van der Waals surface area contributed by atoms with Crippen LogP contribution in [0, 0.1) is 0 Å². The number of carbonyl (C=O) groups excluding carboxylic acids is 1. The minimum absolute atomic E-state index is 0.0324. The molecule has 1 rings (SSSR count). The number of nitrogens with zero attached hydrogens (tertiary/aromatic N) is 1. The average Bonchev–Trinajstić information content (AvgIpc) is 2.26. The molecule has 0 aliphatic rings. The van der Waals surface area contributed by atoms with E-state index < -0.39 is 30.9 Å². The lowest BCUT2D eigenvalue weighted by Gasteiger charge is -2.22. The number of aliphatic carboxylic acids is 2. The van der Waals surface area contributed by atoms with Gasteiger partial charge in [-0.2, -0.15) is 0 Å². The van der Waals surface area contributed by atoms with E-state index in [0.717, 1.165) is 4.90 Å². The van der Waals surface area contributed by atoms with Gasteiger partial charge in [0.1, 0.15) is 13.1 Å². The van der Waals surface area contributed by atoms with Gasteiger partial charge in [0.15, 0.2) is 0 Å². The summed E-state index contributed by atoms with van der Waals surface area (Å²) in [5.41, 5.74) is 5.24. The SMILES string of the molecule is NC(=O)c1cc(Cl)ccc1N(CC(=O)O)CC(=O)O. The fourth-order valence-corrected chi connectivity index (χ4v) is 1.71. The molecule has 0 aromatic heterocycles. The number of benzene rings is 1. The molecule has 4 N–H and O–H groups in total. The number of carboxylic acid groups (broad SMARTS) is 2. The third kappa shape index (κ3) is 4.14. The Morgan fingerprint density at radius 3 is 2.11 bits per heavy atom. The van der Waals surface area contributed by atoms with E-state index in [-0.39, 0.29) is 16.3 Å². The van der Waals surface area contributed by atoms with Crippen molar-refractivity contribution in [1.29, 1.82) is 0 Å². The molecule has 7 nitrogen and oxygen atoms in total. The maximum absolute atomic E-state index is 11.3. The van der Waals surface area contributed by atoms with Gasteiger partial charge in [0.05, 0.1) is 11.3 Å². The second-order valence-electron chi connectivity index (χ2n) is 3.67. The molecule has 0 saturated heterocycles. The smallest absolute Gasteiger partial charge is 0.323 e. The van der Waals surface area contributed by atoms with Crippen molar-refractivity contribution in [3.63, 3.8) is 0 Å². The lowest BCUT2D eigenvalue weighted by atomic mass is 10.1. The van der Waals surface area contributed by atoms with Crippen LogP contribution in [0.15, 0.2) is 18.2 Å². The summed E-state index contributed by atoms with van der Waals surface area (Å²) >= 11 is 5.72. The molecule has 0 atom stereocenters. The van der Waals surface area contributed by atoms with Crippen molar-refractivity contribution in [2.24, 2.45) is 5.73 Å². The summed E-state index contributed by atoms with van der Waals surface area (Å²) in [5, 5.41) is 17.8. The van der Waals surface area contributed by atoms with Crippen molar-refractivity contribution >= 4 is 35.1 Å². The monoisotopic (exact) mass is 286 g/mol. The number of anilines is 1. The van der Waals surface area contributed by atoms with Crippen LogP contribution in [-0.4, -0.2) is 41.1 Å². The maximum atomic E-state index is 11.3. The Morgan fingerprint density at radius 2 is 1.68 bits per heavy atom. The Kier molecular flexibility index (Phi) is 4.71. The van der Waals surface area contributed by atoms with Gasteiger partial charge in [-0.1, -0.05) is 11.6 Å². The number of nitrogens with two attached hydrogens (primary N) is 1. The molecule has 0 aliphatic heterocycles. The highest BCUT2D eigenvalue weighted by molar-refractivity contribution is 6.31. The molecule has 0 aliphatic carbocycles. The number of rotatable bonds is 6. The second kappa shape index (κ2) is 6.05. The first-order valence-corrected chi connectivity index (χ1v) is 5.47. The molecule has 8 heteroatoms. The van der Waals surface area contributed by atoms with Gasteiger partial charge < -0.3 is 20.8 Å². The Bertz CT molecular complexity index is 516. The van der Waals surface area contributed by atoms with Crippen LogP contribution in [0.5, 0.6) is 0 Å². The van der Waals surface area contributed by atoms with Crippen molar-refractivity contribution in [3.8, 4) is 0 Å². The number of hydrogen-bond donors (Lipinski definition) is 3. The van der Waals surface area contributed by atoms with Crippen molar-refractivity contribution in [3.05, 3.63) is 28.8 Å². The van der Waals surface area contributed by atoms with Crippen LogP contribution in [0.2, 0.25) is 5.02 Å². The largest absolute Gasteiger partial charge is 0.480 e. The summed E-state index contributed by atoms with van der Waals surface area (Å²) in [6, 6.07) is 4.03. The molecule has 0 fully saturated rings. The van der Waals surface area contributed by atoms with Crippen LogP contribution in [0.25, 0.3) is 0 Å². The van der Waals surface area contributed by atoms with E-state index in [1.54, 1.807) is 0 Å². The van der Waals surface area contributed by atoms with Gasteiger partial charge in [0.2, 0.25) is 0 Å². The number of amides is 1. The second-order valence-corrected chi connectivity index (χ2v) is 4.11. The molecule has 1 aromatic carbocycles. The normalized spacial score (nSPS) is 9.95. The van der Waals surface area contributed by atoms with Crippen LogP contribution in [0.1, 0.15) is 10.4 Å². The Hall–Kier alpha value is -2.28. The van der Waals surface area contributed by atoms with Crippen LogP contribution in [0.3, 0.4) is 0 Å². The summed E-state index contributed by atoms with van der Waals surface area (Å²) < 4.78 is 0. The summed E-state index contributed by atoms with van der Waals surface area (Å²) in [5.74, 6) is -3.28. The first kappa shape index (κ1) is 14.8. The number of carbonyl (C=O) groups is 3. The zero-order chi connectivity index (χ0) is 14.6. The molecular formula is C11H11ClN2O5. The van der Waals surface area contributed by atoms with Gasteiger partial charge in [-0.25, -0.2) is 0 Å². The molecule has 102 valence electrons. The molecule has 0 spiro atoms. The average molecular weight is 287 g/mol. The summed E-state index contributed by atoms with van der Waals surface area (Å²) in [6.07, 6.45) is 0. The number of primary amides is 1. The minimum atomic E-state index is -1.23. The van der Waals surface area contributed by atoms with E-state index >= 15 is 0 Å². The summed E-state index contributed by atoms with van der Waals surface area (Å²) in [4.78, 5) is 33.8. The maximum Gasteiger partial charge on any atom is 0.323 e. The third-order valence-corrected chi connectivity index (χ3v) is 2.45. The fourth-order valence-electron chi connectivity index (χ4n) is 1.53. The first-order chi connectivity index (χ1) is 8.81. The van der Waals surface area contributed by atoms with E-state index in [2.05, 4.69) is 0 Å². The van der Waals surface area contributed by atoms with Crippen molar-refractivity contribution in [2.45, 2.75) is 0 Å². The van der Waals surface area contributed by atoms with E-state index in [1.165, 1.54) is 18.2 Å². The van der Waals surface area contributed by atoms with E-state index in [9.17, 15) is 14.4 Å². The summed E-state index contributed by atoms with van der Waals surface area (Å²) in [7, 11) is 0. The summed E-state index contributed by atoms with van der Waals surface area (Å²) in [6.45, 7) is -1.15. The standard InChI is InChI=1S/C11H11ClN2O5/c12-6-1-2-8(7(3-6)11(13)19)14(4-9(15)16)5-10(17)18/h1-3H,4-5H2,(H2,13,19)(H,15,16)(H,17,18). The first-order valence-electron chi connectivity index (χ1n) is 5.09. The topological polar surface area (TPSA) is 121 Å². The molecule has 0 saturated carbocycles. The predicted octanol–water partition coefficient (Wildman–Crippen LogP) is 0.414. The predicted molar refractivity (Wildman–Crippen MR) is 67.5 cm³/mol. The highest BCUT2D eigenvalue weighted by Gasteiger charge is 2.19. The number of hydrogen-bond acceptors (Lipinski definition) is 4. The van der Waals surface area contributed by atoms with Gasteiger partial charge in [-0.3, -0.25) is 14.4 Å². The van der Waals surface area contributed by atoms with E-state index in [1.807, 2.05) is 0 Å². The molecule has 0 heterocycles. The molecule has 1 amide bonds. The quantitative estimate of drug-likeness (QED) is 0.696. The molecule has 0 bridgehead atoms. The Balaban J connectivity index is 3.24. The molecule has 1 aromatic rings. The molecular weight excluding hydrogens is 276 g/mol. The van der Waals surface area contributed by atoms with Gasteiger partial charge in [0, 0.05) is 5.02 Å². The Morgan fingerprint density at radius 1 is 1.16 bits per heavy atom. The Labute approximate surface area is 113 Å². The lowest BCUT2D eigenvalue weighted by Crippen LogP contribution is -2.36. The molecule has 0 radical (unpaired) electrons. The van der Waals surface area contributed by atoms with Crippen molar-refractivity contribution in [1.82, 2.24) is 0 Å². The fraction of sp³-hybridized carbons (Fsp3) is 0.182. The van der Waals surface area contributed by atoms with Crippen LogP contribution >= 0.6 is 11.6 Å². The molecule has 19 heavy (non-hydrogen) atoms. The van der Waals surface area contributed by atoms with Gasteiger partial charge >= 0.3 is 11.9 Å². The highest BCUT2D eigenvalue weighted by atomic mass is 35.5.